The van der Waals surface area contributed by atoms with E-state index in [1.54, 1.807) is 17.2 Å². The molecule has 0 saturated heterocycles. The zero-order chi connectivity index (χ0) is 18.3. The summed E-state index contributed by atoms with van der Waals surface area (Å²) in [4.78, 5) is 5.74. The van der Waals surface area contributed by atoms with Crippen LogP contribution in [0.15, 0.2) is 48.9 Å². The Morgan fingerprint density at radius 1 is 1.08 bits per heavy atom. The second kappa shape index (κ2) is 6.12. The molecule has 1 aliphatic rings. The molecule has 0 bridgehead atoms. The number of hydrogen-bond donors (Lipinski definition) is 1. The summed E-state index contributed by atoms with van der Waals surface area (Å²) in [6.07, 6.45) is 0.418. The van der Waals surface area contributed by atoms with Gasteiger partial charge >= 0.3 is 6.18 Å². The minimum atomic E-state index is -4.53. The maximum Gasteiger partial charge on any atom is 0.399 e. The average Bonchev–Trinajstić information content (AvgIpc) is 3.10. The van der Waals surface area contributed by atoms with Crippen LogP contribution >= 0.6 is 0 Å². The van der Waals surface area contributed by atoms with Crippen molar-refractivity contribution in [3.05, 3.63) is 71.6 Å². The lowest BCUT2D eigenvalue weighted by atomic mass is 9.85. The fourth-order valence-electron chi connectivity index (χ4n) is 3.42. The molecule has 3 heterocycles. The first-order valence-electron chi connectivity index (χ1n) is 8.01. The smallest absolute Gasteiger partial charge is 0.339 e. The van der Waals surface area contributed by atoms with Crippen molar-refractivity contribution in [2.24, 2.45) is 0 Å². The Balaban J connectivity index is 1.83. The highest BCUT2D eigenvalue weighted by Crippen LogP contribution is 2.51. The van der Waals surface area contributed by atoms with Crippen molar-refractivity contribution in [3.63, 3.8) is 0 Å². The minimum absolute atomic E-state index is 0.0765. The molecule has 1 unspecified atom stereocenters. The molecule has 1 aliphatic heterocycles. The van der Waals surface area contributed by atoms with Gasteiger partial charge in [-0.05, 0) is 41.5 Å². The Hall–Kier alpha value is -2.90. The number of aromatic nitrogens is 3. The van der Waals surface area contributed by atoms with E-state index in [-0.39, 0.29) is 11.1 Å². The van der Waals surface area contributed by atoms with Gasteiger partial charge in [0, 0.05) is 31.0 Å². The number of alkyl halides is 3. The monoisotopic (exact) mass is 362 g/mol. The topological polar surface area (TPSA) is 44.8 Å². The van der Waals surface area contributed by atoms with E-state index < -0.39 is 17.9 Å². The van der Waals surface area contributed by atoms with Crippen LogP contribution in [0.25, 0.3) is 0 Å². The SMILES string of the molecule is Fc1ccc2c(c1)C(C(F)(F)F)c1ccncc1N2CCc1cc[nH]n1. The van der Waals surface area contributed by atoms with Crippen molar-refractivity contribution in [1.82, 2.24) is 15.2 Å². The van der Waals surface area contributed by atoms with Crippen LogP contribution in [0.4, 0.5) is 28.9 Å². The molecular weight excluding hydrogens is 348 g/mol. The Kier molecular flexibility index (Phi) is 3.90. The quantitative estimate of drug-likeness (QED) is 0.706. The molecule has 134 valence electrons. The van der Waals surface area contributed by atoms with Crippen LogP contribution in [-0.2, 0) is 6.42 Å². The van der Waals surface area contributed by atoms with Gasteiger partial charge in [-0.15, -0.1) is 0 Å². The Bertz CT molecular complexity index is 921. The van der Waals surface area contributed by atoms with Crippen LogP contribution in [0.2, 0.25) is 0 Å². The molecule has 3 aromatic rings. The van der Waals surface area contributed by atoms with Gasteiger partial charge in [-0.2, -0.15) is 18.3 Å². The summed E-state index contributed by atoms with van der Waals surface area (Å²) in [5.41, 5.74) is 1.50. The van der Waals surface area contributed by atoms with Gasteiger partial charge in [0.1, 0.15) is 11.7 Å². The first-order valence-corrected chi connectivity index (χ1v) is 8.01. The van der Waals surface area contributed by atoms with Gasteiger partial charge in [0.15, 0.2) is 0 Å². The number of pyridine rings is 1. The maximum atomic E-state index is 13.8. The zero-order valence-corrected chi connectivity index (χ0v) is 13.5. The van der Waals surface area contributed by atoms with Crippen LogP contribution in [0.5, 0.6) is 0 Å². The number of nitrogens with one attached hydrogen (secondary N) is 1. The first-order chi connectivity index (χ1) is 12.4. The Morgan fingerprint density at radius 2 is 1.92 bits per heavy atom. The molecule has 4 nitrogen and oxygen atoms in total. The summed E-state index contributed by atoms with van der Waals surface area (Å²) < 4.78 is 55.1. The van der Waals surface area contributed by atoms with Crippen molar-refractivity contribution in [1.29, 1.82) is 0 Å². The third-order valence-corrected chi connectivity index (χ3v) is 4.50. The van der Waals surface area contributed by atoms with E-state index >= 15 is 0 Å². The molecule has 2 aromatic heterocycles. The molecule has 0 aliphatic carbocycles. The number of benzene rings is 1. The molecule has 0 saturated carbocycles. The molecule has 0 radical (unpaired) electrons. The molecule has 0 fully saturated rings. The second-order valence-electron chi connectivity index (χ2n) is 6.08. The summed E-state index contributed by atoms with van der Waals surface area (Å²) in [6.45, 7) is 0.396. The predicted octanol–water partition coefficient (Wildman–Crippen LogP) is 4.33. The number of hydrogen-bond acceptors (Lipinski definition) is 3. The number of halogens is 4. The summed E-state index contributed by atoms with van der Waals surface area (Å²) in [7, 11) is 0. The summed E-state index contributed by atoms with van der Waals surface area (Å²) in [6, 6.07) is 6.69. The molecular formula is C18H14F4N4. The highest BCUT2D eigenvalue weighted by atomic mass is 19.4. The minimum Gasteiger partial charge on any atom is -0.339 e. The molecule has 1 N–H and O–H groups in total. The molecule has 4 rings (SSSR count). The fraction of sp³-hybridized carbons (Fsp3) is 0.222. The Morgan fingerprint density at radius 3 is 2.65 bits per heavy atom. The number of fused-ring (bicyclic) bond motifs is 2. The zero-order valence-electron chi connectivity index (χ0n) is 13.5. The van der Waals surface area contributed by atoms with Crippen molar-refractivity contribution < 1.29 is 17.6 Å². The van der Waals surface area contributed by atoms with Crippen molar-refractivity contribution >= 4 is 11.4 Å². The number of nitrogens with zero attached hydrogens (tertiary/aromatic N) is 3. The molecule has 8 heteroatoms. The normalized spacial score (nSPS) is 16.3. The lowest BCUT2D eigenvalue weighted by Gasteiger charge is -2.37. The van der Waals surface area contributed by atoms with Crippen LogP contribution in [0, 0.1) is 5.82 Å². The number of rotatable bonds is 3. The van der Waals surface area contributed by atoms with E-state index in [4.69, 9.17) is 0 Å². The number of anilines is 2. The highest BCUT2D eigenvalue weighted by Gasteiger charge is 2.47. The van der Waals surface area contributed by atoms with Gasteiger partial charge < -0.3 is 4.90 Å². The maximum absolute atomic E-state index is 13.8. The van der Waals surface area contributed by atoms with E-state index in [9.17, 15) is 17.6 Å². The summed E-state index contributed by atoms with van der Waals surface area (Å²) >= 11 is 0. The highest BCUT2D eigenvalue weighted by molar-refractivity contribution is 5.76. The molecule has 0 amide bonds. The van der Waals surface area contributed by atoms with E-state index in [0.29, 0.717) is 24.3 Å². The molecule has 26 heavy (non-hydrogen) atoms. The van der Waals surface area contributed by atoms with E-state index in [1.807, 2.05) is 0 Å². The second-order valence-corrected chi connectivity index (χ2v) is 6.08. The van der Waals surface area contributed by atoms with Crippen LogP contribution in [-0.4, -0.2) is 27.9 Å². The Labute approximate surface area is 146 Å². The van der Waals surface area contributed by atoms with E-state index in [2.05, 4.69) is 15.2 Å². The van der Waals surface area contributed by atoms with Crippen molar-refractivity contribution in [2.75, 3.05) is 11.4 Å². The van der Waals surface area contributed by atoms with Crippen molar-refractivity contribution in [2.45, 2.75) is 18.5 Å². The van der Waals surface area contributed by atoms with Gasteiger partial charge in [0.05, 0.1) is 17.6 Å². The van der Waals surface area contributed by atoms with Gasteiger partial charge in [-0.25, -0.2) is 4.39 Å². The van der Waals surface area contributed by atoms with Gasteiger partial charge in [0.2, 0.25) is 0 Å². The fourth-order valence-corrected chi connectivity index (χ4v) is 3.42. The lowest BCUT2D eigenvalue weighted by Crippen LogP contribution is -2.33. The van der Waals surface area contributed by atoms with Crippen LogP contribution < -0.4 is 4.90 Å². The predicted molar refractivity (Wildman–Crippen MR) is 87.8 cm³/mol. The van der Waals surface area contributed by atoms with Crippen LogP contribution in [0.3, 0.4) is 0 Å². The lowest BCUT2D eigenvalue weighted by molar-refractivity contribution is -0.141. The number of H-pyrrole nitrogens is 1. The van der Waals surface area contributed by atoms with Crippen molar-refractivity contribution in [3.8, 4) is 0 Å². The molecule has 0 spiro atoms. The largest absolute Gasteiger partial charge is 0.399 e. The van der Waals surface area contributed by atoms with E-state index in [0.717, 1.165) is 11.8 Å². The summed E-state index contributed by atoms with van der Waals surface area (Å²) in [5.74, 6) is -2.57. The molecule has 1 aromatic carbocycles. The van der Waals surface area contributed by atoms with Gasteiger partial charge in [-0.3, -0.25) is 10.1 Å². The third kappa shape index (κ3) is 2.81. The van der Waals surface area contributed by atoms with Gasteiger partial charge in [0.25, 0.3) is 0 Å². The standard InChI is InChI=1S/C18H14F4N4/c19-11-1-2-15-14(9-11)17(18(20,21)22)13-4-6-23-10-16(13)26(15)8-5-12-3-7-24-25-12/h1-4,6-7,9-10,17H,5,8H2,(H,24,25). The third-order valence-electron chi connectivity index (χ3n) is 4.50. The first kappa shape index (κ1) is 16.6. The molecule has 1 atom stereocenters. The van der Waals surface area contributed by atoms with Crippen LogP contribution in [0.1, 0.15) is 22.7 Å². The van der Waals surface area contributed by atoms with Gasteiger partial charge in [-0.1, -0.05) is 0 Å². The number of aromatic amines is 1. The summed E-state index contributed by atoms with van der Waals surface area (Å²) in [5, 5.41) is 6.78. The average molecular weight is 362 g/mol. The van der Waals surface area contributed by atoms with E-state index in [1.165, 1.54) is 30.6 Å².